The number of alkyl carbamates (subject to hydrolysis) is 1. The van der Waals surface area contributed by atoms with E-state index < -0.39 is 18.0 Å². The Bertz CT molecular complexity index is 1500. The van der Waals surface area contributed by atoms with Crippen LogP contribution in [0.4, 0.5) is 9.18 Å². The molecule has 0 unspecified atom stereocenters. The van der Waals surface area contributed by atoms with Gasteiger partial charge in [-0.25, -0.2) is 24.1 Å². The van der Waals surface area contributed by atoms with Crippen molar-refractivity contribution in [1.29, 1.82) is 0 Å². The lowest BCUT2D eigenvalue weighted by atomic mass is 10.1. The van der Waals surface area contributed by atoms with Crippen LogP contribution in [-0.2, 0) is 15.9 Å². The molecule has 1 N–H and O–H groups in total. The Balaban J connectivity index is 1.25. The number of carbonyl (C=O) groups excluding carboxylic acids is 1. The number of rotatable bonds is 5. The quantitative estimate of drug-likeness (QED) is 0.405. The number of aromatic nitrogens is 3. The Morgan fingerprint density at radius 2 is 2.05 bits per heavy atom. The summed E-state index contributed by atoms with van der Waals surface area (Å²) in [4.78, 5) is 26.0. The van der Waals surface area contributed by atoms with Crippen molar-refractivity contribution in [3.05, 3.63) is 41.3 Å². The van der Waals surface area contributed by atoms with Crippen molar-refractivity contribution >= 4 is 38.7 Å². The Hall–Kier alpha value is -3.57. The molecule has 1 saturated heterocycles. The first-order valence-corrected chi connectivity index (χ1v) is 12.9. The SMILES string of the molecule is COc1cnc2c(-c3nc4cc(F)c5c(c4s3)C[C@@H](CNC(=O)OC3CCOCC3)O5)cc(C)cc2n1. The molecule has 192 valence electrons. The predicted octanol–water partition coefficient (Wildman–Crippen LogP) is 4.57. The highest BCUT2D eigenvalue weighted by Gasteiger charge is 2.31. The minimum Gasteiger partial charge on any atom is -0.485 e. The number of benzene rings is 2. The van der Waals surface area contributed by atoms with Crippen LogP contribution in [0.5, 0.6) is 11.6 Å². The van der Waals surface area contributed by atoms with Crippen LogP contribution >= 0.6 is 11.3 Å². The lowest BCUT2D eigenvalue weighted by Gasteiger charge is -2.22. The van der Waals surface area contributed by atoms with Crippen LogP contribution < -0.4 is 14.8 Å². The van der Waals surface area contributed by atoms with Gasteiger partial charge in [-0.05, 0) is 24.6 Å². The number of halogens is 1. The molecule has 0 radical (unpaired) electrons. The summed E-state index contributed by atoms with van der Waals surface area (Å²) >= 11 is 1.47. The molecule has 1 amide bonds. The van der Waals surface area contributed by atoms with Gasteiger partial charge in [-0.1, -0.05) is 0 Å². The first-order valence-electron chi connectivity index (χ1n) is 12.1. The van der Waals surface area contributed by atoms with Crippen molar-refractivity contribution in [3.63, 3.8) is 0 Å². The van der Waals surface area contributed by atoms with Gasteiger partial charge in [0.15, 0.2) is 11.6 Å². The highest BCUT2D eigenvalue weighted by Crippen LogP contribution is 2.43. The zero-order chi connectivity index (χ0) is 25.5. The topological polar surface area (TPSA) is 105 Å². The van der Waals surface area contributed by atoms with E-state index in [9.17, 15) is 9.18 Å². The molecule has 0 bridgehead atoms. The minimum absolute atomic E-state index is 0.147. The molecule has 6 rings (SSSR count). The summed E-state index contributed by atoms with van der Waals surface area (Å²) in [5.41, 5.74) is 4.55. The van der Waals surface area contributed by atoms with Gasteiger partial charge in [-0.2, -0.15) is 0 Å². The Morgan fingerprint density at radius 3 is 2.86 bits per heavy atom. The van der Waals surface area contributed by atoms with Crippen molar-refractivity contribution in [2.75, 3.05) is 26.9 Å². The number of thiazole rings is 1. The van der Waals surface area contributed by atoms with E-state index in [1.54, 1.807) is 13.3 Å². The summed E-state index contributed by atoms with van der Waals surface area (Å²) < 4.78 is 37.7. The zero-order valence-corrected chi connectivity index (χ0v) is 21.2. The third-order valence-electron chi connectivity index (χ3n) is 6.52. The largest absolute Gasteiger partial charge is 0.485 e. The summed E-state index contributed by atoms with van der Waals surface area (Å²) in [5, 5.41) is 3.47. The molecule has 2 aliphatic rings. The molecular formula is C26H25FN4O5S. The third kappa shape index (κ3) is 4.64. The van der Waals surface area contributed by atoms with Gasteiger partial charge in [0, 0.05) is 36.5 Å². The molecule has 11 heteroatoms. The molecule has 0 saturated carbocycles. The van der Waals surface area contributed by atoms with E-state index in [0.29, 0.717) is 54.9 Å². The monoisotopic (exact) mass is 524 g/mol. The lowest BCUT2D eigenvalue weighted by Crippen LogP contribution is -2.37. The number of carbonyl (C=O) groups is 1. The highest BCUT2D eigenvalue weighted by molar-refractivity contribution is 7.22. The van der Waals surface area contributed by atoms with Crippen molar-refractivity contribution in [2.45, 2.75) is 38.4 Å². The van der Waals surface area contributed by atoms with Gasteiger partial charge in [0.2, 0.25) is 5.88 Å². The number of nitrogens with one attached hydrogen (secondary N) is 1. The van der Waals surface area contributed by atoms with Crippen LogP contribution in [-0.4, -0.2) is 60.1 Å². The molecule has 0 aliphatic carbocycles. The molecule has 9 nitrogen and oxygen atoms in total. The number of fused-ring (bicyclic) bond motifs is 4. The fourth-order valence-electron chi connectivity index (χ4n) is 4.75. The Labute approximate surface area is 215 Å². The van der Waals surface area contributed by atoms with Crippen molar-refractivity contribution < 1.29 is 28.1 Å². The average Bonchev–Trinajstić information content (AvgIpc) is 3.52. The van der Waals surface area contributed by atoms with Gasteiger partial charge >= 0.3 is 6.09 Å². The number of amides is 1. The normalized spacial score (nSPS) is 17.5. The molecule has 2 aliphatic heterocycles. The maximum Gasteiger partial charge on any atom is 0.407 e. The van der Waals surface area contributed by atoms with Gasteiger partial charge in [0.1, 0.15) is 17.2 Å². The van der Waals surface area contributed by atoms with E-state index in [0.717, 1.165) is 26.4 Å². The van der Waals surface area contributed by atoms with E-state index in [1.165, 1.54) is 17.4 Å². The lowest BCUT2D eigenvalue weighted by molar-refractivity contribution is 0.00104. The van der Waals surface area contributed by atoms with Crippen LogP contribution in [0.25, 0.3) is 31.8 Å². The molecular weight excluding hydrogens is 499 g/mol. The summed E-state index contributed by atoms with van der Waals surface area (Å²) in [6.07, 6.45) is 2.35. The van der Waals surface area contributed by atoms with Gasteiger partial charge in [-0.3, -0.25) is 0 Å². The predicted molar refractivity (Wildman–Crippen MR) is 136 cm³/mol. The van der Waals surface area contributed by atoms with Gasteiger partial charge in [0.05, 0.1) is 54.3 Å². The third-order valence-corrected chi connectivity index (χ3v) is 7.69. The second kappa shape index (κ2) is 9.71. The standard InChI is InChI=1S/C26H25FN4O5S/c1-13-7-16(22-19(8-13)30-21(33-2)12-28-22)25-31-20-10-18(27)23-17(24(20)37-25)9-15(35-23)11-29-26(32)36-14-3-5-34-6-4-14/h7-8,10,12,14-15H,3-6,9,11H2,1-2H3,(H,29,32)/t15-/m0/s1. The average molecular weight is 525 g/mol. The Morgan fingerprint density at radius 1 is 1.22 bits per heavy atom. The van der Waals surface area contributed by atoms with E-state index >= 15 is 0 Å². The molecule has 37 heavy (non-hydrogen) atoms. The number of hydrogen-bond donors (Lipinski definition) is 1. The minimum atomic E-state index is -0.499. The molecule has 4 aromatic rings. The summed E-state index contributed by atoms with van der Waals surface area (Å²) in [6.45, 7) is 3.37. The van der Waals surface area contributed by atoms with Crippen LogP contribution in [0.2, 0.25) is 0 Å². The van der Waals surface area contributed by atoms with Crippen LogP contribution in [0.3, 0.4) is 0 Å². The van der Waals surface area contributed by atoms with Gasteiger partial charge in [-0.15, -0.1) is 11.3 Å². The molecule has 1 fully saturated rings. The number of methoxy groups -OCH3 is 1. The van der Waals surface area contributed by atoms with E-state index in [4.69, 9.17) is 23.9 Å². The van der Waals surface area contributed by atoms with Crippen LogP contribution in [0, 0.1) is 12.7 Å². The number of nitrogens with zero attached hydrogens (tertiary/aromatic N) is 3. The van der Waals surface area contributed by atoms with Crippen molar-refractivity contribution in [3.8, 4) is 22.2 Å². The van der Waals surface area contributed by atoms with E-state index in [1.807, 2.05) is 19.1 Å². The maximum absolute atomic E-state index is 15.0. The van der Waals surface area contributed by atoms with Crippen molar-refractivity contribution in [2.24, 2.45) is 0 Å². The summed E-state index contributed by atoms with van der Waals surface area (Å²) in [7, 11) is 1.55. The smallest absolute Gasteiger partial charge is 0.407 e. The molecule has 0 spiro atoms. The van der Waals surface area contributed by atoms with Crippen molar-refractivity contribution in [1.82, 2.24) is 20.3 Å². The molecule has 2 aromatic carbocycles. The molecule has 4 heterocycles. The fourth-order valence-corrected chi connectivity index (χ4v) is 5.86. The molecule has 2 aromatic heterocycles. The highest BCUT2D eigenvalue weighted by atomic mass is 32.1. The second-order valence-corrected chi connectivity index (χ2v) is 10.2. The first kappa shape index (κ1) is 23.8. The van der Waals surface area contributed by atoms with E-state index in [-0.39, 0.29) is 18.4 Å². The second-order valence-electron chi connectivity index (χ2n) is 9.17. The van der Waals surface area contributed by atoms with Gasteiger partial charge in [0.25, 0.3) is 0 Å². The zero-order valence-electron chi connectivity index (χ0n) is 20.4. The summed E-state index contributed by atoms with van der Waals surface area (Å²) in [6, 6.07) is 5.35. The van der Waals surface area contributed by atoms with E-state index in [2.05, 4.69) is 15.3 Å². The maximum atomic E-state index is 15.0. The molecule has 1 atom stereocenters. The number of hydrogen-bond acceptors (Lipinski definition) is 9. The number of aryl methyl sites for hydroxylation is 1. The first-order chi connectivity index (χ1) is 18.0. The number of ether oxygens (including phenoxy) is 4. The fraction of sp³-hybridized carbons (Fsp3) is 0.385. The van der Waals surface area contributed by atoms with Crippen LogP contribution in [0.1, 0.15) is 24.0 Å². The van der Waals surface area contributed by atoms with Crippen LogP contribution in [0.15, 0.2) is 24.4 Å². The summed E-state index contributed by atoms with van der Waals surface area (Å²) in [5.74, 6) is 0.179. The Kier molecular flexibility index (Phi) is 6.25. The van der Waals surface area contributed by atoms with Gasteiger partial charge < -0.3 is 24.3 Å².